The van der Waals surface area contributed by atoms with Gasteiger partial charge < -0.3 is 5.32 Å². The van der Waals surface area contributed by atoms with Crippen LogP contribution in [0.2, 0.25) is 0 Å². The summed E-state index contributed by atoms with van der Waals surface area (Å²) in [5.41, 5.74) is 2.27. The minimum atomic E-state index is 0.288. The monoisotopic (exact) mass is 253 g/mol. The first-order valence-electron chi connectivity index (χ1n) is 6.54. The molecular formula is C16H19N3. The largest absolute Gasteiger partial charge is 0.309 e. The summed E-state index contributed by atoms with van der Waals surface area (Å²) in [6, 6.07) is 10.4. The molecule has 3 heteroatoms. The number of hydrogen-bond donors (Lipinski definition) is 1. The van der Waals surface area contributed by atoms with Crippen LogP contribution >= 0.6 is 0 Å². The van der Waals surface area contributed by atoms with Crippen LogP contribution in [0.4, 0.5) is 0 Å². The molecule has 0 aliphatic carbocycles. The van der Waals surface area contributed by atoms with Gasteiger partial charge in [-0.3, -0.25) is 0 Å². The van der Waals surface area contributed by atoms with Gasteiger partial charge in [-0.25, -0.2) is 4.68 Å². The second kappa shape index (κ2) is 6.77. The van der Waals surface area contributed by atoms with E-state index in [0.29, 0.717) is 0 Å². The minimum Gasteiger partial charge on any atom is -0.309 e. The van der Waals surface area contributed by atoms with E-state index >= 15 is 0 Å². The maximum atomic E-state index is 4.40. The van der Waals surface area contributed by atoms with Crippen molar-refractivity contribution in [1.82, 2.24) is 15.1 Å². The fraction of sp³-hybridized carbons (Fsp3) is 0.312. The van der Waals surface area contributed by atoms with E-state index in [4.69, 9.17) is 0 Å². The van der Waals surface area contributed by atoms with Crippen molar-refractivity contribution in [3.05, 3.63) is 48.3 Å². The highest BCUT2D eigenvalue weighted by molar-refractivity contribution is 5.31. The Bertz CT molecular complexity index is 560. The fourth-order valence-corrected chi connectivity index (χ4v) is 1.88. The van der Waals surface area contributed by atoms with Crippen LogP contribution in [-0.2, 0) is 0 Å². The van der Waals surface area contributed by atoms with Gasteiger partial charge in [0, 0.05) is 30.8 Å². The molecule has 1 unspecified atom stereocenters. The molecule has 1 heterocycles. The van der Waals surface area contributed by atoms with Crippen molar-refractivity contribution in [3.63, 3.8) is 0 Å². The molecule has 0 saturated carbocycles. The van der Waals surface area contributed by atoms with Crippen molar-refractivity contribution in [1.29, 1.82) is 0 Å². The molecule has 1 atom stereocenters. The molecule has 0 fully saturated rings. The molecule has 0 aliphatic rings. The van der Waals surface area contributed by atoms with Gasteiger partial charge in [0.05, 0.1) is 11.9 Å². The van der Waals surface area contributed by atoms with E-state index in [1.165, 1.54) is 5.56 Å². The molecule has 1 aromatic carbocycles. The zero-order valence-corrected chi connectivity index (χ0v) is 11.4. The van der Waals surface area contributed by atoms with Gasteiger partial charge in [-0.05, 0) is 26.0 Å². The number of para-hydroxylation sites is 1. The summed E-state index contributed by atoms with van der Waals surface area (Å²) in [7, 11) is 0. The Kier molecular flexibility index (Phi) is 4.77. The summed E-state index contributed by atoms with van der Waals surface area (Å²) in [4.78, 5) is 0. The van der Waals surface area contributed by atoms with E-state index in [-0.39, 0.29) is 6.04 Å². The van der Waals surface area contributed by atoms with Crippen molar-refractivity contribution in [2.24, 2.45) is 0 Å². The highest BCUT2D eigenvalue weighted by Crippen LogP contribution is 2.13. The highest BCUT2D eigenvalue weighted by Gasteiger charge is 2.07. The maximum absolute atomic E-state index is 4.40. The van der Waals surface area contributed by atoms with Crippen LogP contribution in [0.3, 0.4) is 0 Å². The van der Waals surface area contributed by atoms with Gasteiger partial charge in [0.25, 0.3) is 0 Å². The number of benzene rings is 1. The fourth-order valence-electron chi connectivity index (χ4n) is 1.88. The predicted molar refractivity (Wildman–Crippen MR) is 78.0 cm³/mol. The molecular weight excluding hydrogens is 234 g/mol. The third kappa shape index (κ3) is 3.70. The molecule has 3 nitrogen and oxygen atoms in total. The van der Waals surface area contributed by atoms with Crippen LogP contribution in [0.1, 0.15) is 31.9 Å². The molecule has 0 saturated heterocycles. The zero-order valence-electron chi connectivity index (χ0n) is 11.4. The van der Waals surface area contributed by atoms with Crippen molar-refractivity contribution < 1.29 is 0 Å². The summed E-state index contributed by atoms with van der Waals surface area (Å²) in [5.74, 6) is 5.95. The number of nitrogens with one attached hydrogen (secondary N) is 1. The zero-order chi connectivity index (χ0) is 13.5. The number of aromatic nitrogens is 2. The predicted octanol–water partition coefficient (Wildman–Crippen LogP) is 2.94. The first kappa shape index (κ1) is 13.4. The van der Waals surface area contributed by atoms with Crippen LogP contribution in [0.25, 0.3) is 5.69 Å². The Morgan fingerprint density at radius 1 is 1.32 bits per heavy atom. The maximum Gasteiger partial charge on any atom is 0.0645 e. The summed E-state index contributed by atoms with van der Waals surface area (Å²) in [6.07, 6.45) is 4.86. The van der Waals surface area contributed by atoms with E-state index in [1.54, 1.807) is 0 Å². The molecule has 2 aromatic rings. The van der Waals surface area contributed by atoms with Gasteiger partial charge in [0.15, 0.2) is 0 Å². The molecule has 0 aliphatic heterocycles. The number of hydrogen-bond acceptors (Lipinski definition) is 2. The smallest absolute Gasteiger partial charge is 0.0645 e. The van der Waals surface area contributed by atoms with Crippen molar-refractivity contribution in [2.75, 3.05) is 6.54 Å². The van der Waals surface area contributed by atoms with Crippen molar-refractivity contribution in [2.45, 2.75) is 26.3 Å². The SMILES string of the molecule is CC#CCCNC(C)c1cnn(-c2ccccc2)c1. The van der Waals surface area contributed by atoms with Gasteiger partial charge in [-0.2, -0.15) is 5.10 Å². The highest BCUT2D eigenvalue weighted by atomic mass is 15.3. The van der Waals surface area contributed by atoms with E-state index in [1.807, 2.05) is 48.1 Å². The third-order valence-electron chi connectivity index (χ3n) is 3.00. The average molecular weight is 253 g/mol. The van der Waals surface area contributed by atoms with Gasteiger partial charge >= 0.3 is 0 Å². The van der Waals surface area contributed by atoms with Crippen LogP contribution in [0.5, 0.6) is 0 Å². The Morgan fingerprint density at radius 2 is 2.11 bits per heavy atom. The molecule has 0 amide bonds. The third-order valence-corrected chi connectivity index (χ3v) is 3.00. The van der Waals surface area contributed by atoms with Gasteiger partial charge in [0.2, 0.25) is 0 Å². The van der Waals surface area contributed by atoms with Crippen molar-refractivity contribution in [3.8, 4) is 17.5 Å². The normalized spacial score (nSPS) is 11.7. The quantitative estimate of drug-likeness (QED) is 0.656. The van der Waals surface area contributed by atoms with Crippen LogP contribution in [-0.4, -0.2) is 16.3 Å². The first-order valence-corrected chi connectivity index (χ1v) is 6.54. The molecule has 98 valence electrons. The van der Waals surface area contributed by atoms with Crippen LogP contribution < -0.4 is 5.32 Å². The lowest BCUT2D eigenvalue weighted by Gasteiger charge is -2.10. The Balaban J connectivity index is 1.98. The Morgan fingerprint density at radius 3 is 2.84 bits per heavy atom. The van der Waals surface area contributed by atoms with E-state index < -0.39 is 0 Å². The first-order chi connectivity index (χ1) is 9.31. The Hall–Kier alpha value is -2.05. The summed E-state index contributed by atoms with van der Waals surface area (Å²) in [6.45, 7) is 4.91. The van der Waals surface area contributed by atoms with E-state index in [0.717, 1.165) is 18.7 Å². The number of rotatable bonds is 5. The lowest BCUT2D eigenvalue weighted by Crippen LogP contribution is -2.19. The second-order valence-electron chi connectivity index (χ2n) is 4.41. The van der Waals surface area contributed by atoms with E-state index in [2.05, 4.69) is 35.4 Å². The summed E-state index contributed by atoms with van der Waals surface area (Å²) in [5, 5.41) is 7.84. The molecule has 19 heavy (non-hydrogen) atoms. The summed E-state index contributed by atoms with van der Waals surface area (Å²) >= 11 is 0. The molecule has 0 bridgehead atoms. The minimum absolute atomic E-state index is 0.288. The van der Waals surface area contributed by atoms with Crippen LogP contribution in [0.15, 0.2) is 42.7 Å². The number of nitrogens with zero attached hydrogens (tertiary/aromatic N) is 2. The lowest BCUT2D eigenvalue weighted by molar-refractivity contribution is 0.584. The van der Waals surface area contributed by atoms with Gasteiger partial charge in [-0.15, -0.1) is 11.8 Å². The Labute approximate surface area is 114 Å². The lowest BCUT2D eigenvalue weighted by atomic mass is 10.2. The molecule has 0 spiro atoms. The van der Waals surface area contributed by atoms with Crippen molar-refractivity contribution >= 4 is 0 Å². The van der Waals surface area contributed by atoms with Gasteiger partial charge in [-0.1, -0.05) is 18.2 Å². The van der Waals surface area contributed by atoms with Crippen LogP contribution in [0, 0.1) is 11.8 Å². The molecule has 1 aromatic heterocycles. The topological polar surface area (TPSA) is 29.9 Å². The van der Waals surface area contributed by atoms with Gasteiger partial charge in [0.1, 0.15) is 0 Å². The molecule has 2 rings (SSSR count). The molecule has 0 radical (unpaired) electrons. The standard InChI is InChI=1S/C16H19N3/c1-3-4-8-11-17-14(2)15-12-18-19(13-15)16-9-6-5-7-10-16/h5-7,9-10,12-14,17H,8,11H2,1-2H3. The summed E-state index contributed by atoms with van der Waals surface area (Å²) < 4.78 is 1.90. The second-order valence-corrected chi connectivity index (χ2v) is 4.41. The average Bonchev–Trinajstić information content (AvgIpc) is 2.94. The van der Waals surface area contributed by atoms with E-state index in [9.17, 15) is 0 Å². The molecule has 1 N–H and O–H groups in total.